The molecule has 0 spiro atoms. The highest BCUT2D eigenvalue weighted by Gasteiger charge is 2.31. The van der Waals surface area contributed by atoms with E-state index in [2.05, 4.69) is 4.74 Å². The predicted octanol–water partition coefficient (Wildman–Crippen LogP) is 1.15. The lowest BCUT2D eigenvalue weighted by Gasteiger charge is -2.07. The van der Waals surface area contributed by atoms with Crippen LogP contribution in [0.3, 0.4) is 0 Å². The minimum absolute atomic E-state index is 0.438. The van der Waals surface area contributed by atoms with Crippen molar-refractivity contribution in [3.8, 4) is 11.8 Å². The Balaban J connectivity index is 3.04. The lowest BCUT2D eigenvalue weighted by molar-refractivity contribution is -0.274. The summed E-state index contributed by atoms with van der Waals surface area (Å²) in [6.45, 7) is 0. The van der Waals surface area contributed by atoms with E-state index in [0.29, 0.717) is 6.07 Å². The Morgan fingerprint density at radius 1 is 1.50 bits per heavy atom. The Morgan fingerprint density at radius 3 is 2.64 bits per heavy atom. The van der Waals surface area contributed by atoms with E-state index in [-0.39, 0.29) is 0 Å². The van der Waals surface area contributed by atoms with Crippen molar-refractivity contribution in [2.24, 2.45) is 0 Å². The first kappa shape index (κ1) is 10.1. The van der Waals surface area contributed by atoms with Crippen LogP contribution in [0.1, 0.15) is 5.56 Å². The lowest BCUT2D eigenvalue weighted by atomic mass is 10.3. The van der Waals surface area contributed by atoms with Gasteiger partial charge in [0.25, 0.3) is 5.56 Å². The van der Waals surface area contributed by atoms with Crippen molar-refractivity contribution in [1.82, 2.24) is 4.98 Å². The zero-order valence-corrected chi connectivity index (χ0v) is 6.55. The number of pyridine rings is 1. The van der Waals surface area contributed by atoms with E-state index in [1.165, 1.54) is 6.07 Å². The molecule has 0 aromatic carbocycles. The molecule has 0 aliphatic rings. The smallest absolute Gasteiger partial charge is 0.404 e. The molecule has 1 N–H and O–H groups in total. The molecule has 0 bridgehead atoms. The van der Waals surface area contributed by atoms with Gasteiger partial charge in [-0.1, -0.05) is 0 Å². The zero-order valence-electron chi connectivity index (χ0n) is 6.55. The van der Waals surface area contributed by atoms with Crippen LogP contribution < -0.4 is 10.3 Å². The molecule has 0 saturated carbocycles. The molecule has 0 amide bonds. The lowest BCUT2D eigenvalue weighted by Crippen LogP contribution is -2.19. The van der Waals surface area contributed by atoms with Gasteiger partial charge in [-0.15, -0.1) is 13.2 Å². The normalized spacial score (nSPS) is 10.7. The summed E-state index contributed by atoms with van der Waals surface area (Å²) in [6, 6.07) is 2.14. The summed E-state index contributed by atoms with van der Waals surface area (Å²) in [5.74, 6) is -0.631. The maximum absolute atomic E-state index is 11.7. The van der Waals surface area contributed by atoms with Crippen LogP contribution in [-0.2, 0) is 0 Å². The molecule has 1 rings (SSSR count). The Morgan fingerprint density at radius 2 is 2.14 bits per heavy atom. The van der Waals surface area contributed by atoms with Crippen molar-refractivity contribution < 1.29 is 17.9 Å². The molecule has 0 saturated heterocycles. The number of ether oxygens (including phenoxy) is 1. The standard InChI is InChI=1S/C7H3F3N2O2/c8-7(9,10)14-5-1-4(2-11)6(13)12-3-5/h1,3H,(H,12,13). The summed E-state index contributed by atoms with van der Waals surface area (Å²) in [6.07, 6.45) is -4.11. The molecule has 4 nitrogen and oxygen atoms in total. The Bertz CT molecular complexity index is 430. The van der Waals surface area contributed by atoms with E-state index in [1.54, 1.807) is 0 Å². The van der Waals surface area contributed by atoms with Crippen molar-refractivity contribution in [1.29, 1.82) is 5.26 Å². The summed E-state index contributed by atoms with van der Waals surface area (Å²) in [5, 5.41) is 8.33. The fraction of sp³-hybridized carbons (Fsp3) is 0.143. The fourth-order valence-corrected chi connectivity index (χ4v) is 0.740. The van der Waals surface area contributed by atoms with Crippen molar-refractivity contribution >= 4 is 0 Å². The first-order valence-electron chi connectivity index (χ1n) is 3.31. The van der Waals surface area contributed by atoms with Gasteiger partial charge in [-0.25, -0.2) is 0 Å². The van der Waals surface area contributed by atoms with Crippen molar-refractivity contribution in [3.05, 3.63) is 28.2 Å². The number of nitriles is 1. The third-order valence-corrected chi connectivity index (χ3v) is 1.23. The van der Waals surface area contributed by atoms with Gasteiger partial charge >= 0.3 is 6.36 Å². The van der Waals surface area contributed by atoms with Gasteiger partial charge in [0.2, 0.25) is 0 Å². The highest BCUT2D eigenvalue weighted by molar-refractivity contribution is 5.32. The number of hydrogen-bond acceptors (Lipinski definition) is 3. The van der Waals surface area contributed by atoms with Crippen LogP contribution in [0.5, 0.6) is 5.75 Å². The maximum Gasteiger partial charge on any atom is 0.573 e. The van der Waals surface area contributed by atoms with E-state index in [9.17, 15) is 18.0 Å². The highest BCUT2D eigenvalue weighted by Crippen LogP contribution is 2.21. The molecule has 1 heterocycles. The molecule has 74 valence electrons. The number of nitrogens with zero attached hydrogens (tertiary/aromatic N) is 1. The zero-order chi connectivity index (χ0) is 10.8. The van der Waals surface area contributed by atoms with Gasteiger partial charge in [-0.2, -0.15) is 5.26 Å². The predicted molar refractivity (Wildman–Crippen MR) is 38.5 cm³/mol. The monoisotopic (exact) mass is 204 g/mol. The SMILES string of the molecule is N#Cc1cc(OC(F)(F)F)c[nH]c1=O. The summed E-state index contributed by atoms with van der Waals surface area (Å²) < 4.78 is 38.5. The van der Waals surface area contributed by atoms with Crippen molar-refractivity contribution in [3.63, 3.8) is 0 Å². The van der Waals surface area contributed by atoms with Crippen molar-refractivity contribution in [2.75, 3.05) is 0 Å². The van der Waals surface area contributed by atoms with Crippen LogP contribution in [0.4, 0.5) is 13.2 Å². The third kappa shape index (κ3) is 2.52. The molecule has 1 aromatic rings. The molecule has 0 unspecified atom stereocenters. The Labute approximate surface area is 75.5 Å². The molecule has 0 aliphatic carbocycles. The molecular weight excluding hydrogens is 201 g/mol. The minimum Gasteiger partial charge on any atom is -0.404 e. The van der Waals surface area contributed by atoms with Gasteiger partial charge in [0.15, 0.2) is 0 Å². The van der Waals surface area contributed by atoms with E-state index in [4.69, 9.17) is 5.26 Å². The number of rotatable bonds is 1. The largest absolute Gasteiger partial charge is 0.573 e. The first-order valence-corrected chi connectivity index (χ1v) is 3.31. The van der Waals surface area contributed by atoms with Gasteiger partial charge in [-0.05, 0) is 0 Å². The number of halogens is 3. The van der Waals surface area contributed by atoms with E-state index in [0.717, 1.165) is 6.20 Å². The number of hydrogen-bond donors (Lipinski definition) is 1. The van der Waals surface area contributed by atoms with Gasteiger partial charge in [0.05, 0.1) is 0 Å². The number of nitrogens with one attached hydrogen (secondary N) is 1. The van der Waals surface area contributed by atoms with Crippen LogP contribution in [0.2, 0.25) is 0 Å². The summed E-state index contributed by atoms with van der Waals surface area (Å²) in [4.78, 5) is 12.7. The molecule has 0 aliphatic heterocycles. The van der Waals surface area contributed by atoms with E-state index >= 15 is 0 Å². The highest BCUT2D eigenvalue weighted by atomic mass is 19.4. The van der Waals surface area contributed by atoms with Crippen LogP contribution in [0, 0.1) is 11.3 Å². The molecule has 0 radical (unpaired) electrons. The van der Waals surface area contributed by atoms with Crippen LogP contribution >= 0.6 is 0 Å². The van der Waals surface area contributed by atoms with Crippen LogP contribution in [0.15, 0.2) is 17.1 Å². The number of H-pyrrole nitrogens is 1. The molecule has 1 aromatic heterocycles. The third-order valence-electron chi connectivity index (χ3n) is 1.23. The van der Waals surface area contributed by atoms with E-state index < -0.39 is 23.2 Å². The summed E-state index contributed by atoms with van der Waals surface area (Å²) in [5.41, 5.74) is -1.20. The van der Waals surface area contributed by atoms with Gasteiger partial charge < -0.3 is 9.72 Å². The van der Waals surface area contributed by atoms with Gasteiger partial charge in [-0.3, -0.25) is 4.79 Å². The molecular formula is C7H3F3N2O2. The van der Waals surface area contributed by atoms with Crippen LogP contribution in [-0.4, -0.2) is 11.3 Å². The number of alkyl halides is 3. The average molecular weight is 204 g/mol. The Kier molecular flexibility index (Phi) is 2.47. The average Bonchev–Trinajstić information content (AvgIpc) is 2.06. The van der Waals surface area contributed by atoms with Gasteiger partial charge in [0.1, 0.15) is 17.4 Å². The maximum atomic E-state index is 11.7. The number of aromatic amines is 1. The second-order valence-corrected chi connectivity index (χ2v) is 2.24. The molecule has 0 atom stereocenters. The Hall–Kier alpha value is -1.97. The molecule has 0 fully saturated rings. The van der Waals surface area contributed by atoms with Crippen LogP contribution in [0.25, 0.3) is 0 Å². The minimum atomic E-state index is -4.84. The quantitative estimate of drug-likeness (QED) is 0.745. The second kappa shape index (κ2) is 3.41. The van der Waals surface area contributed by atoms with Crippen molar-refractivity contribution in [2.45, 2.75) is 6.36 Å². The summed E-state index contributed by atoms with van der Waals surface area (Å²) in [7, 11) is 0. The first-order chi connectivity index (χ1) is 6.42. The second-order valence-electron chi connectivity index (χ2n) is 2.24. The number of aromatic nitrogens is 1. The summed E-state index contributed by atoms with van der Waals surface area (Å²) >= 11 is 0. The van der Waals surface area contributed by atoms with Gasteiger partial charge in [0, 0.05) is 12.3 Å². The molecule has 7 heteroatoms. The topological polar surface area (TPSA) is 65.9 Å². The fourth-order valence-electron chi connectivity index (χ4n) is 0.740. The molecule has 14 heavy (non-hydrogen) atoms. The van der Waals surface area contributed by atoms with E-state index in [1.807, 2.05) is 4.98 Å².